The molecule has 0 amide bonds. The van der Waals surface area contributed by atoms with Crippen molar-refractivity contribution in [3.63, 3.8) is 0 Å². The van der Waals surface area contributed by atoms with Crippen molar-refractivity contribution in [2.75, 3.05) is 0 Å². The maximum atomic E-state index is 10.4. The molecular weight excluding hydrogens is 343 g/mol. The number of rotatable bonds is 4. The molecule has 0 aromatic heterocycles. The van der Waals surface area contributed by atoms with Gasteiger partial charge in [-0.05, 0) is 23.8 Å². The first-order valence-corrected chi connectivity index (χ1v) is 6.27. The Balaban J connectivity index is 0.000000443. The van der Waals surface area contributed by atoms with Gasteiger partial charge in [0.25, 0.3) is 5.97 Å². The van der Waals surface area contributed by atoms with Crippen LogP contribution in [-0.2, 0) is 0 Å². The smallest absolute Gasteiger partial charge is 0.521 e. The first kappa shape index (κ1) is 22.3. The predicted molar refractivity (Wildman–Crippen MR) is 79.6 cm³/mol. The SMILES string of the molecule is O=C(O)c1[c-]cc(C(=O)O)cc1.O=C(O)c1cccc(C(=O)O)c1.[Na+]. The van der Waals surface area contributed by atoms with E-state index in [2.05, 4.69) is 6.07 Å². The molecule has 0 saturated heterocycles. The van der Waals surface area contributed by atoms with Gasteiger partial charge in [-0.25, -0.2) is 9.59 Å². The van der Waals surface area contributed by atoms with Crippen LogP contribution in [0.3, 0.4) is 0 Å². The van der Waals surface area contributed by atoms with E-state index in [9.17, 15) is 19.2 Å². The Morgan fingerprint density at radius 2 is 1.16 bits per heavy atom. The molecule has 0 spiro atoms. The monoisotopic (exact) mass is 354 g/mol. The quantitative estimate of drug-likeness (QED) is 0.402. The summed E-state index contributed by atoms with van der Waals surface area (Å²) in [5.41, 5.74) is -0.0511. The summed E-state index contributed by atoms with van der Waals surface area (Å²) in [6.45, 7) is 0. The fraction of sp³-hybridized carbons (Fsp3) is 0. The van der Waals surface area contributed by atoms with E-state index in [1.165, 1.54) is 30.3 Å². The Labute approximate surface area is 163 Å². The number of benzene rings is 2. The third kappa shape index (κ3) is 7.17. The molecule has 0 saturated carbocycles. The predicted octanol–water partition coefficient (Wildman–Crippen LogP) is -1.03. The summed E-state index contributed by atoms with van der Waals surface area (Å²) in [4.78, 5) is 41.4. The molecule has 0 unspecified atom stereocenters. The minimum atomic E-state index is -1.13. The molecular formula is C16H11NaO8. The van der Waals surface area contributed by atoms with Crippen molar-refractivity contribution in [3.05, 3.63) is 70.8 Å². The van der Waals surface area contributed by atoms with Gasteiger partial charge in [-0.15, -0.1) is 24.3 Å². The topological polar surface area (TPSA) is 149 Å². The third-order valence-corrected chi connectivity index (χ3v) is 2.65. The van der Waals surface area contributed by atoms with E-state index in [1.54, 1.807) is 0 Å². The fourth-order valence-corrected chi connectivity index (χ4v) is 1.48. The molecule has 2 rings (SSSR count). The van der Waals surface area contributed by atoms with Gasteiger partial charge < -0.3 is 25.2 Å². The van der Waals surface area contributed by atoms with Gasteiger partial charge in [0.15, 0.2) is 0 Å². The molecule has 4 N–H and O–H groups in total. The van der Waals surface area contributed by atoms with E-state index < -0.39 is 23.9 Å². The van der Waals surface area contributed by atoms with E-state index in [-0.39, 0.29) is 51.8 Å². The van der Waals surface area contributed by atoms with Crippen LogP contribution in [0.2, 0.25) is 0 Å². The number of carbonyl (C=O) groups is 4. The van der Waals surface area contributed by atoms with E-state index >= 15 is 0 Å². The van der Waals surface area contributed by atoms with Crippen molar-refractivity contribution in [2.45, 2.75) is 0 Å². The Morgan fingerprint density at radius 1 is 0.680 bits per heavy atom. The standard InChI is InChI=1S/C8H5O4.C8H6O4.Na/c9-7(10)5-1-2-6(4-3-5)8(11)12;9-7(10)5-2-1-3-6(4-5)8(11)12;/h1-3H,(H,9,10)(H,11,12);1-4H,(H,9,10)(H,11,12);/q-1;;+1. The average Bonchev–Trinajstić information content (AvgIpc) is 2.55. The summed E-state index contributed by atoms with van der Waals surface area (Å²) in [5.74, 6) is -4.47. The molecule has 0 aliphatic rings. The second-order valence-electron chi connectivity index (χ2n) is 4.29. The van der Waals surface area contributed by atoms with Gasteiger partial charge in [0.2, 0.25) is 5.97 Å². The Kier molecular flexibility index (Phi) is 9.14. The minimum Gasteiger partial charge on any atom is -0.521 e. The first-order chi connectivity index (χ1) is 11.2. The summed E-state index contributed by atoms with van der Waals surface area (Å²) in [6.07, 6.45) is 0. The molecule has 2 aromatic rings. The average molecular weight is 354 g/mol. The molecule has 0 fully saturated rings. The molecule has 0 heterocycles. The van der Waals surface area contributed by atoms with Crippen LogP contribution in [-0.4, -0.2) is 44.3 Å². The Hall–Kier alpha value is -2.68. The van der Waals surface area contributed by atoms with Crippen molar-refractivity contribution >= 4 is 23.9 Å². The minimum absolute atomic E-state index is 0. The second kappa shape index (κ2) is 10.2. The summed E-state index contributed by atoms with van der Waals surface area (Å²) < 4.78 is 0. The van der Waals surface area contributed by atoms with E-state index in [0.29, 0.717) is 0 Å². The zero-order valence-corrected chi connectivity index (χ0v) is 15.0. The molecule has 124 valence electrons. The maximum absolute atomic E-state index is 10.4. The van der Waals surface area contributed by atoms with Crippen molar-refractivity contribution in [3.8, 4) is 0 Å². The molecule has 25 heavy (non-hydrogen) atoms. The van der Waals surface area contributed by atoms with Gasteiger partial charge in [0, 0.05) is 0 Å². The largest absolute Gasteiger partial charge is 1.00 e. The Bertz CT molecular complexity index is 721. The summed E-state index contributed by atoms with van der Waals surface area (Å²) in [7, 11) is 0. The van der Waals surface area contributed by atoms with Gasteiger partial charge in [0.1, 0.15) is 0 Å². The molecule has 2 aromatic carbocycles. The molecule has 0 atom stereocenters. The maximum Gasteiger partial charge on any atom is 1.00 e. The molecule has 0 radical (unpaired) electrons. The number of hydrogen-bond acceptors (Lipinski definition) is 4. The van der Waals surface area contributed by atoms with E-state index in [4.69, 9.17) is 20.4 Å². The van der Waals surface area contributed by atoms with Crippen LogP contribution in [0.25, 0.3) is 0 Å². The van der Waals surface area contributed by atoms with E-state index in [0.717, 1.165) is 12.1 Å². The molecule has 0 bridgehead atoms. The van der Waals surface area contributed by atoms with Crippen molar-refractivity contribution in [1.82, 2.24) is 0 Å². The summed E-state index contributed by atoms with van der Waals surface area (Å²) in [5, 5.41) is 33.9. The normalized spacial score (nSPS) is 8.96. The fourth-order valence-electron chi connectivity index (χ4n) is 1.48. The number of carboxylic acids is 4. The zero-order valence-electron chi connectivity index (χ0n) is 13.0. The van der Waals surface area contributed by atoms with Crippen LogP contribution < -0.4 is 29.6 Å². The van der Waals surface area contributed by atoms with Crippen LogP contribution in [0.5, 0.6) is 0 Å². The number of aromatic carboxylic acids is 4. The molecule has 0 aliphatic carbocycles. The van der Waals surface area contributed by atoms with Crippen LogP contribution in [0.4, 0.5) is 0 Å². The van der Waals surface area contributed by atoms with Gasteiger partial charge in [-0.2, -0.15) is 0 Å². The van der Waals surface area contributed by atoms with Crippen molar-refractivity contribution in [2.24, 2.45) is 0 Å². The molecule has 8 nitrogen and oxygen atoms in total. The van der Waals surface area contributed by atoms with Gasteiger partial charge in [-0.3, -0.25) is 4.79 Å². The van der Waals surface area contributed by atoms with Crippen LogP contribution in [0.1, 0.15) is 41.4 Å². The molecule has 0 aliphatic heterocycles. The van der Waals surface area contributed by atoms with Crippen LogP contribution in [0.15, 0.2) is 42.5 Å². The van der Waals surface area contributed by atoms with E-state index in [1.807, 2.05) is 0 Å². The van der Waals surface area contributed by atoms with Crippen LogP contribution in [0, 0.1) is 6.07 Å². The molecule has 9 heteroatoms. The zero-order chi connectivity index (χ0) is 18.3. The third-order valence-electron chi connectivity index (χ3n) is 2.65. The van der Waals surface area contributed by atoms with Crippen molar-refractivity contribution < 1.29 is 69.2 Å². The van der Waals surface area contributed by atoms with Gasteiger partial charge in [0.05, 0.1) is 11.1 Å². The first-order valence-electron chi connectivity index (χ1n) is 6.27. The summed E-state index contributed by atoms with van der Waals surface area (Å²) in [6, 6.07) is 11.1. The van der Waals surface area contributed by atoms with Gasteiger partial charge in [-0.1, -0.05) is 11.6 Å². The number of carboxylic acid groups (broad SMARTS) is 4. The summed E-state index contributed by atoms with van der Waals surface area (Å²) >= 11 is 0. The van der Waals surface area contributed by atoms with Crippen molar-refractivity contribution in [1.29, 1.82) is 0 Å². The second-order valence-corrected chi connectivity index (χ2v) is 4.29. The van der Waals surface area contributed by atoms with Crippen LogP contribution >= 0.6 is 0 Å². The Morgan fingerprint density at radius 3 is 1.48 bits per heavy atom. The number of hydrogen-bond donors (Lipinski definition) is 4. The van der Waals surface area contributed by atoms with Gasteiger partial charge >= 0.3 is 41.5 Å².